The SMILES string of the molecule is Cc1ccc(NC(=O)c2cc(N3CCOCC3)cc(C(F)(F)F)c2)cc1-c1ccc2ccn(-c3cc(N)ncn3)c2c1. The minimum absolute atomic E-state index is 0.0724. The topological polar surface area (TPSA) is 98.3 Å². The van der Waals surface area contributed by atoms with Gasteiger partial charge in [-0.3, -0.25) is 4.79 Å². The van der Waals surface area contributed by atoms with Gasteiger partial charge >= 0.3 is 6.18 Å². The molecule has 3 aromatic carbocycles. The number of hydrogen-bond acceptors (Lipinski definition) is 6. The Morgan fingerprint density at radius 2 is 1.79 bits per heavy atom. The van der Waals surface area contributed by atoms with Gasteiger partial charge in [0.2, 0.25) is 0 Å². The van der Waals surface area contributed by atoms with Crippen LogP contribution in [0.15, 0.2) is 79.3 Å². The monoisotopic (exact) mass is 572 g/mol. The number of nitrogens with zero attached hydrogens (tertiary/aromatic N) is 4. The maximum atomic E-state index is 13.7. The number of hydrogen-bond donors (Lipinski definition) is 2. The van der Waals surface area contributed by atoms with Crippen LogP contribution in [0.25, 0.3) is 27.8 Å². The van der Waals surface area contributed by atoms with Crippen molar-refractivity contribution in [1.82, 2.24) is 14.5 Å². The number of halogens is 3. The molecule has 0 atom stereocenters. The van der Waals surface area contributed by atoms with Crippen LogP contribution in [0.1, 0.15) is 21.5 Å². The number of ether oxygens (including phenoxy) is 1. The lowest BCUT2D eigenvalue weighted by molar-refractivity contribution is -0.137. The molecule has 11 heteroatoms. The van der Waals surface area contributed by atoms with Crippen LogP contribution < -0.4 is 16.0 Å². The van der Waals surface area contributed by atoms with E-state index in [0.29, 0.717) is 49.3 Å². The third-order valence-electron chi connectivity index (χ3n) is 7.30. The van der Waals surface area contributed by atoms with Crippen LogP contribution in [-0.4, -0.2) is 46.7 Å². The quantitative estimate of drug-likeness (QED) is 0.265. The van der Waals surface area contributed by atoms with E-state index in [0.717, 1.165) is 39.7 Å². The summed E-state index contributed by atoms with van der Waals surface area (Å²) in [5, 5.41) is 3.79. The lowest BCUT2D eigenvalue weighted by atomic mass is 9.98. The minimum atomic E-state index is -4.60. The van der Waals surface area contributed by atoms with E-state index in [4.69, 9.17) is 10.5 Å². The summed E-state index contributed by atoms with van der Waals surface area (Å²) < 4.78 is 48.5. The molecule has 0 aliphatic carbocycles. The highest BCUT2D eigenvalue weighted by molar-refractivity contribution is 6.05. The van der Waals surface area contributed by atoms with E-state index in [1.165, 1.54) is 12.4 Å². The number of fused-ring (bicyclic) bond motifs is 1. The minimum Gasteiger partial charge on any atom is -0.384 e. The van der Waals surface area contributed by atoms with Crippen molar-refractivity contribution in [2.75, 3.05) is 42.3 Å². The lowest BCUT2D eigenvalue weighted by Crippen LogP contribution is -2.36. The summed E-state index contributed by atoms with van der Waals surface area (Å²) in [4.78, 5) is 23.4. The van der Waals surface area contributed by atoms with E-state index in [2.05, 4.69) is 15.3 Å². The standard InChI is InChI=1S/C31H27F3N6O2/c1-19-2-5-24(38-30(41)22-12-23(31(32,33)34)15-25(13-22)39-8-10-42-11-9-39)16-26(19)21-4-3-20-6-7-40(27(20)14-21)29-17-28(35)36-18-37-29/h2-7,12-18H,8-11H2,1H3,(H,38,41)(H2,35,36,37). The van der Waals surface area contributed by atoms with E-state index < -0.39 is 17.6 Å². The number of nitrogen functional groups attached to an aromatic ring is 1. The Morgan fingerprint density at radius 1 is 0.976 bits per heavy atom. The number of anilines is 3. The van der Waals surface area contributed by atoms with E-state index in [9.17, 15) is 18.0 Å². The first-order valence-electron chi connectivity index (χ1n) is 13.3. The van der Waals surface area contributed by atoms with Crippen molar-refractivity contribution in [1.29, 1.82) is 0 Å². The van der Waals surface area contributed by atoms with Crippen molar-refractivity contribution < 1.29 is 22.7 Å². The zero-order valence-corrected chi connectivity index (χ0v) is 22.7. The normalized spacial score (nSPS) is 13.9. The third kappa shape index (κ3) is 5.51. The summed E-state index contributed by atoms with van der Waals surface area (Å²) in [6, 6.07) is 18.5. The van der Waals surface area contributed by atoms with Gasteiger partial charge in [0.1, 0.15) is 18.0 Å². The van der Waals surface area contributed by atoms with Crippen molar-refractivity contribution in [3.05, 3.63) is 95.9 Å². The maximum absolute atomic E-state index is 13.7. The molecule has 0 spiro atoms. The molecule has 5 aromatic rings. The molecule has 6 rings (SSSR count). The van der Waals surface area contributed by atoms with Crippen molar-refractivity contribution in [3.8, 4) is 16.9 Å². The molecule has 1 aliphatic rings. The molecule has 8 nitrogen and oxygen atoms in total. The van der Waals surface area contributed by atoms with Crippen molar-refractivity contribution >= 4 is 34.0 Å². The second-order valence-electron chi connectivity index (χ2n) is 10.1. The number of carbonyl (C=O) groups is 1. The molecule has 3 heterocycles. The molecule has 2 aromatic heterocycles. The number of aryl methyl sites for hydroxylation is 1. The first-order valence-corrected chi connectivity index (χ1v) is 13.3. The predicted octanol–water partition coefficient (Wildman–Crippen LogP) is 6.09. The second kappa shape index (κ2) is 10.8. The first-order chi connectivity index (χ1) is 20.2. The first kappa shape index (κ1) is 27.3. The van der Waals surface area contributed by atoms with Crippen LogP contribution in [-0.2, 0) is 10.9 Å². The van der Waals surface area contributed by atoms with Crippen LogP contribution in [0, 0.1) is 6.92 Å². The lowest BCUT2D eigenvalue weighted by Gasteiger charge is -2.29. The Bertz CT molecular complexity index is 1790. The summed E-state index contributed by atoms with van der Waals surface area (Å²) in [5.41, 5.74) is 9.34. The van der Waals surface area contributed by atoms with Gasteiger partial charge in [-0.15, -0.1) is 0 Å². The van der Waals surface area contributed by atoms with Gasteiger partial charge in [-0.1, -0.05) is 18.2 Å². The molecule has 0 unspecified atom stereocenters. The maximum Gasteiger partial charge on any atom is 0.416 e. The Labute approximate surface area is 239 Å². The van der Waals surface area contributed by atoms with Gasteiger partial charge in [-0.25, -0.2) is 9.97 Å². The smallest absolute Gasteiger partial charge is 0.384 e. The summed E-state index contributed by atoms with van der Waals surface area (Å²) in [6.45, 7) is 3.67. The molecule has 0 bridgehead atoms. The summed E-state index contributed by atoms with van der Waals surface area (Å²) in [6.07, 6.45) is -1.28. The van der Waals surface area contributed by atoms with Crippen molar-refractivity contribution in [3.63, 3.8) is 0 Å². The summed E-state index contributed by atoms with van der Waals surface area (Å²) in [7, 11) is 0. The van der Waals surface area contributed by atoms with Crippen molar-refractivity contribution in [2.24, 2.45) is 0 Å². The zero-order valence-electron chi connectivity index (χ0n) is 22.7. The predicted molar refractivity (Wildman–Crippen MR) is 156 cm³/mol. The fraction of sp³-hybridized carbons (Fsp3) is 0.194. The van der Waals surface area contributed by atoms with E-state index >= 15 is 0 Å². The average Bonchev–Trinajstić information content (AvgIpc) is 3.41. The van der Waals surface area contributed by atoms with Gasteiger partial charge in [0.05, 0.1) is 24.3 Å². The molecule has 42 heavy (non-hydrogen) atoms. The van der Waals surface area contributed by atoms with Gasteiger partial charge in [-0.2, -0.15) is 13.2 Å². The van der Waals surface area contributed by atoms with Gasteiger partial charge < -0.3 is 25.3 Å². The second-order valence-corrected chi connectivity index (χ2v) is 10.1. The van der Waals surface area contributed by atoms with E-state index in [-0.39, 0.29) is 5.56 Å². The highest BCUT2D eigenvalue weighted by Gasteiger charge is 2.32. The largest absolute Gasteiger partial charge is 0.416 e. The Morgan fingerprint density at radius 3 is 2.55 bits per heavy atom. The zero-order chi connectivity index (χ0) is 29.4. The van der Waals surface area contributed by atoms with Crippen LogP contribution in [0.5, 0.6) is 0 Å². The Hall–Kier alpha value is -4.90. The van der Waals surface area contributed by atoms with Gasteiger partial charge in [0, 0.05) is 47.7 Å². The Kier molecular flexibility index (Phi) is 7.03. The number of carbonyl (C=O) groups excluding carboxylic acids is 1. The van der Waals surface area contributed by atoms with Crippen LogP contribution in [0.2, 0.25) is 0 Å². The molecule has 1 fully saturated rings. The molecule has 3 N–H and O–H groups in total. The van der Waals surface area contributed by atoms with E-state index in [1.807, 2.05) is 54.1 Å². The highest BCUT2D eigenvalue weighted by Crippen LogP contribution is 2.34. The molecule has 1 saturated heterocycles. The third-order valence-corrected chi connectivity index (χ3v) is 7.30. The number of morpholine rings is 1. The molecule has 1 amide bonds. The summed E-state index contributed by atoms with van der Waals surface area (Å²) in [5.74, 6) is 0.358. The molecular weight excluding hydrogens is 545 g/mol. The number of nitrogens with two attached hydrogens (primary N) is 1. The molecule has 0 radical (unpaired) electrons. The number of aromatic nitrogens is 3. The number of amides is 1. The van der Waals surface area contributed by atoms with Crippen LogP contribution >= 0.6 is 0 Å². The van der Waals surface area contributed by atoms with Gasteiger partial charge in [-0.05, 0) is 66.1 Å². The molecule has 0 saturated carbocycles. The van der Waals surface area contributed by atoms with Gasteiger partial charge in [0.15, 0.2) is 0 Å². The fourth-order valence-corrected chi connectivity index (χ4v) is 5.11. The average molecular weight is 573 g/mol. The van der Waals surface area contributed by atoms with Crippen molar-refractivity contribution in [2.45, 2.75) is 13.1 Å². The molecular formula is C31H27F3N6O2. The fourth-order valence-electron chi connectivity index (χ4n) is 5.11. The van der Waals surface area contributed by atoms with E-state index in [1.54, 1.807) is 17.0 Å². The Balaban J connectivity index is 1.32. The van der Waals surface area contributed by atoms with Crippen LogP contribution in [0.4, 0.5) is 30.4 Å². The highest BCUT2D eigenvalue weighted by atomic mass is 19.4. The number of alkyl halides is 3. The van der Waals surface area contributed by atoms with Crippen LogP contribution in [0.3, 0.4) is 0 Å². The molecule has 1 aliphatic heterocycles. The number of nitrogens with one attached hydrogen (secondary N) is 1. The van der Waals surface area contributed by atoms with Gasteiger partial charge in [0.25, 0.3) is 5.91 Å². The number of rotatable bonds is 5. The summed E-state index contributed by atoms with van der Waals surface area (Å²) >= 11 is 0. The molecule has 214 valence electrons. The number of benzene rings is 3.